The quantitative estimate of drug-likeness (QED) is 0.862. The van der Waals surface area contributed by atoms with E-state index in [4.69, 9.17) is 4.42 Å². The van der Waals surface area contributed by atoms with Gasteiger partial charge in [0.05, 0.1) is 0 Å². The third-order valence-corrected chi connectivity index (χ3v) is 4.52. The van der Waals surface area contributed by atoms with Crippen LogP contribution in [-0.4, -0.2) is 12.1 Å². The molecule has 2 fully saturated rings. The van der Waals surface area contributed by atoms with E-state index in [0.29, 0.717) is 23.9 Å². The molecule has 1 aliphatic carbocycles. The van der Waals surface area contributed by atoms with Gasteiger partial charge in [0.15, 0.2) is 0 Å². The molecule has 0 bridgehead atoms. The highest BCUT2D eigenvalue weighted by Gasteiger charge is 2.38. The molecule has 17 heavy (non-hydrogen) atoms. The lowest BCUT2D eigenvalue weighted by atomic mass is 9.95. The zero-order chi connectivity index (χ0) is 12.0. The Hall–Kier alpha value is -0.760. The molecule has 1 aliphatic heterocycles. The highest BCUT2D eigenvalue weighted by molar-refractivity contribution is 5.21. The fourth-order valence-electron chi connectivity index (χ4n) is 3.30. The zero-order valence-corrected chi connectivity index (χ0v) is 11.1. The topological polar surface area (TPSA) is 25.2 Å². The van der Waals surface area contributed by atoms with Gasteiger partial charge in [0.1, 0.15) is 11.5 Å². The maximum absolute atomic E-state index is 6.10. The summed E-state index contributed by atoms with van der Waals surface area (Å²) in [5.41, 5.74) is 0. The van der Waals surface area contributed by atoms with E-state index >= 15 is 0 Å². The predicted molar refractivity (Wildman–Crippen MR) is 69.3 cm³/mol. The van der Waals surface area contributed by atoms with Gasteiger partial charge >= 0.3 is 0 Å². The lowest BCUT2D eigenvalue weighted by molar-refractivity contribution is 0.400. The lowest BCUT2D eigenvalue weighted by Gasteiger charge is -2.15. The lowest BCUT2D eigenvalue weighted by Crippen LogP contribution is -2.28. The van der Waals surface area contributed by atoms with E-state index in [1.54, 1.807) is 0 Å². The van der Waals surface area contributed by atoms with Gasteiger partial charge in [-0.05, 0) is 44.2 Å². The van der Waals surface area contributed by atoms with Crippen molar-refractivity contribution >= 4 is 0 Å². The van der Waals surface area contributed by atoms with Gasteiger partial charge in [-0.25, -0.2) is 0 Å². The van der Waals surface area contributed by atoms with Gasteiger partial charge in [0.25, 0.3) is 0 Å². The molecule has 1 aromatic heterocycles. The molecule has 1 saturated carbocycles. The minimum Gasteiger partial charge on any atom is -0.465 e. The van der Waals surface area contributed by atoms with Gasteiger partial charge in [-0.2, -0.15) is 0 Å². The van der Waals surface area contributed by atoms with Crippen LogP contribution >= 0.6 is 0 Å². The summed E-state index contributed by atoms with van der Waals surface area (Å²) in [5, 5.41) is 3.65. The Labute approximate surface area is 104 Å². The second-order valence-electron chi connectivity index (χ2n) is 5.98. The van der Waals surface area contributed by atoms with Gasteiger partial charge in [-0.1, -0.05) is 13.8 Å². The largest absolute Gasteiger partial charge is 0.465 e. The molecular weight excluding hydrogens is 210 g/mol. The number of hydrogen-bond donors (Lipinski definition) is 1. The summed E-state index contributed by atoms with van der Waals surface area (Å²) in [6.07, 6.45) is 3.71. The number of nitrogens with one attached hydrogen (secondary N) is 1. The Kier molecular flexibility index (Phi) is 2.78. The molecule has 2 aliphatic rings. The standard InChI is InChI=1S/C15H23NO/c1-4-13-12(8-10(3)16-13)15-6-5-14(17-15)11-7-9(11)2/h5-6,9-13,16H,4,7-8H2,1-3H3. The second-order valence-corrected chi connectivity index (χ2v) is 5.98. The van der Waals surface area contributed by atoms with E-state index in [2.05, 4.69) is 38.2 Å². The van der Waals surface area contributed by atoms with Crippen molar-refractivity contribution in [3.63, 3.8) is 0 Å². The Morgan fingerprint density at radius 3 is 2.41 bits per heavy atom. The monoisotopic (exact) mass is 233 g/mol. The van der Waals surface area contributed by atoms with Gasteiger partial charge in [0.2, 0.25) is 0 Å². The van der Waals surface area contributed by atoms with Crippen molar-refractivity contribution in [2.75, 3.05) is 0 Å². The van der Waals surface area contributed by atoms with Crippen molar-refractivity contribution in [2.24, 2.45) is 5.92 Å². The molecule has 1 N–H and O–H groups in total. The first-order chi connectivity index (χ1) is 8.19. The minimum absolute atomic E-state index is 0.581. The first-order valence-electron chi connectivity index (χ1n) is 7.04. The predicted octanol–water partition coefficient (Wildman–Crippen LogP) is 3.65. The van der Waals surface area contributed by atoms with Crippen LogP contribution in [0.25, 0.3) is 0 Å². The van der Waals surface area contributed by atoms with Gasteiger partial charge in [0, 0.05) is 23.9 Å². The summed E-state index contributed by atoms with van der Waals surface area (Å²) in [5.74, 6) is 4.55. The van der Waals surface area contributed by atoms with Crippen molar-refractivity contribution in [1.29, 1.82) is 0 Å². The highest BCUT2D eigenvalue weighted by Crippen LogP contribution is 2.48. The average Bonchev–Trinajstić information content (AvgIpc) is 2.78. The molecule has 0 spiro atoms. The molecule has 0 amide bonds. The molecule has 1 aromatic rings. The summed E-state index contributed by atoms with van der Waals surface area (Å²) >= 11 is 0. The normalized spacial score (nSPS) is 40.8. The van der Waals surface area contributed by atoms with Gasteiger partial charge in [-0.3, -0.25) is 0 Å². The van der Waals surface area contributed by atoms with E-state index < -0.39 is 0 Å². The fraction of sp³-hybridized carbons (Fsp3) is 0.733. The minimum atomic E-state index is 0.581. The number of rotatable bonds is 3. The molecule has 5 atom stereocenters. The van der Waals surface area contributed by atoms with Crippen molar-refractivity contribution in [3.05, 3.63) is 23.7 Å². The van der Waals surface area contributed by atoms with Crippen LogP contribution in [-0.2, 0) is 0 Å². The van der Waals surface area contributed by atoms with Crippen molar-refractivity contribution in [3.8, 4) is 0 Å². The van der Waals surface area contributed by atoms with Crippen molar-refractivity contribution in [1.82, 2.24) is 5.32 Å². The Balaban J connectivity index is 1.77. The van der Waals surface area contributed by atoms with E-state index in [0.717, 1.165) is 5.92 Å². The maximum Gasteiger partial charge on any atom is 0.108 e. The summed E-state index contributed by atoms with van der Waals surface area (Å²) in [7, 11) is 0. The van der Waals surface area contributed by atoms with E-state index in [9.17, 15) is 0 Å². The molecule has 94 valence electrons. The van der Waals surface area contributed by atoms with Crippen LogP contribution in [0.15, 0.2) is 16.5 Å². The van der Waals surface area contributed by atoms with Crippen molar-refractivity contribution in [2.45, 2.75) is 64.0 Å². The van der Waals surface area contributed by atoms with Crippen LogP contribution in [0.1, 0.15) is 63.4 Å². The SMILES string of the molecule is CCC1NC(C)CC1c1ccc(C2CC2C)o1. The van der Waals surface area contributed by atoms with E-state index in [1.807, 2.05) is 0 Å². The number of hydrogen-bond acceptors (Lipinski definition) is 2. The molecule has 1 saturated heterocycles. The Morgan fingerprint density at radius 1 is 1.18 bits per heavy atom. The Morgan fingerprint density at radius 2 is 1.82 bits per heavy atom. The van der Waals surface area contributed by atoms with E-state index in [-0.39, 0.29) is 0 Å². The summed E-state index contributed by atoms with van der Waals surface area (Å²) in [6.45, 7) is 6.84. The van der Waals surface area contributed by atoms with E-state index in [1.165, 1.54) is 30.8 Å². The molecule has 2 heteroatoms. The molecule has 3 rings (SSSR count). The maximum atomic E-state index is 6.10. The Bertz CT molecular complexity index is 397. The molecule has 2 heterocycles. The summed E-state index contributed by atoms with van der Waals surface area (Å²) in [6, 6.07) is 5.64. The summed E-state index contributed by atoms with van der Waals surface area (Å²) < 4.78 is 6.10. The molecular formula is C15H23NO. The van der Waals surface area contributed by atoms with Crippen LogP contribution in [0.4, 0.5) is 0 Å². The smallest absolute Gasteiger partial charge is 0.108 e. The van der Waals surface area contributed by atoms with Gasteiger partial charge in [-0.15, -0.1) is 0 Å². The zero-order valence-electron chi connectivity index (χ0n) is 11.1. The average molecular weight is 233 g/mol. The third kappa shape index (κ3) is 2.03. The fourth-order valence-corrected chi connectivity index (χ4v) is 3.30. The summed E-state index contributed by atoms with van der Waals surface area (Å²) in [4.78, 5) is 0. The first-order valence-corrected chi connectivity index (χ1v) is 7.04. The number of furan rings is 1. The third-order valence-electron chi connectivity index (χ3n) is 4.52. The molecule has 5 unspecified atom stereocenters. The van der Waals surface area contributed by atoms with Crippen LogP contribution in [0.2, 0.25) is 0 Å². The first kappa shape index (κ1) is 11.3. The second kappa shape index (κ2) is 4.16. The van der Waals surface area contributed by atoms with Crippen LogP contribution in [0.3, 0.4) is 0 Å². The van der Waals surface area contributed by atoms with Crippen LogP contribution in [0, 0.1) is 5.92 Å². The molecule has 2 nitrogen and oxygen atoms in total. The van der Waals surface area contributed by atoms with Crippen molar-refractivity contribution < 1.29 is 4.42 Å². The highest BCUT2D eigenvalue weighted by atomic mass is 16.3. The molecule has 0 aromatic carbocycles. The molecule has 0 radical (unpaired) electrons. The van der Waals surface area contributed by atoms with Gasteiger partial charge < -0.3 is 9.73 Å². The van der Waals surface area contributed by atoms with Crippen LogP contribution in [0.5, 0.6) is 0 Å². The van der Waals surface area contributed by atoms with Crippen LogP contribution < -0.4 is 5.32 Å².